The molecule has 0 unspecified atom stereocenters. The third-order valence-electron chi connectivity index (χ3n) is 7.99. The fourth-order valence-electron chi connectivity index (χ4n) is 6.09. The van der Waals surface area contributed by atoms with Gasteiger partial charge in [-0.15, -0.1) is 11.3 Å². The molecule has 3 nitrogen and oxygen atoms in total. The number of aromatic nitrogens is 1. The van der Waals surface area contributed by atoms with E-state index in [1.165, 1.54) is 31.3 Å². The van der Waals surface area contributed by atoms with Crippen LogP contribution in [0.1, 0.15) is 0 Å². The largest absolute Gasteiger partial charge is 0.311 e. The second kappa shape index (κ2) is 9.46. The second-order valence-corrected chi connectivity index (χ2v) is 11.4. The fraction of sp³-hybridized carbons (Fsp3) is 0. The molecule has 2 heterocycles. The number of thiophene rings is 1. The topological polar surface area (TPSA) is 13.6 Å². The summed E-state index contributed by atoms with van der Waals surface area (Å²) < 4.78 is 4.68. The summed E-state index contributed by atoms with van der Waals surface area (Å²) >= 11 is 1.80. The summed E-state index contributed by atoms with van der Waals surface area (Å²) in [5, 5.41) is 4.60. The Bertz CT molecular complexity index is 2430. The van der Waals surface area contributed by atoms with Crippen molar-refractivity contribution in [1.82, 2.24) is 4.57 Å². The molecule has 0 saturated carbocycles. The van der Waals surface area contributed by atoms with Crippen molar-refractivity contribution in [2.24, 2.45) is 0 Å². The van der Waals surface area contributed by atoms with Gasteiger partial charge in [0.2, 0.25) is 0 Å². The maximum Gasteiger partial charge on any atom is 0.189 e. The van der Waals surface area contributed by atoms with Crippen LogP contribution in [0.3, 0.4) is 0 Å². The second-order valence-electron chi connectivity index (χ2n) is 10.4. The van der Waals surface area contributed by atoms with Crippen LogP contribution < -0.4 is 0 Å². The van der Waals surface area contributed by atoms with E-state index in [2.05, 4.69) is 93.1 Å². The zero-order valence-electron chi connectivity index (χ0n) is 22.4. The van der Waals surface area contributed by atoms with E-state index in [-0.39, 0.29) is 0 Å². The Kier molecular flexibility index (Phi) is 5.44. The molecule has 0 bridgehead atoms. The lowest BCUT2D eigenvalue weighted by Crippen LogP contribution is -1.94. The summed E-state index contributed by atoms with van der Waals surface area (Å²) in [7, 11) is 0. The first-order valence-electron chi connectivity index (χ1n) is 13.7. The van der Waals surface area contributed by atoms with Gasteiger partial charge in [-0.2, -0.15) is 0 Å². The van der Waals surface area contributed by atoms with Crippen molar-refractivity contribution in [2.45, 2.75) is 0 Å². The zero-order chi connectivity index (χ0) is 28.2. The number of para-hydroxylation sites is 1. The van der Waals surface area contributed by atoms with Gasteiger partial charge in [-0.1, -0.05) is 78.9 Å². The third kappa shape index (κ3) is 3.71. The molecule has 6 aromatic carbocycles. The van der Waals surface area contributed by atoms with E-state index in [1.807, 2.05) is 48.5 Å². The molecule has 0 fully saturated rings. The standard InChI is InChI=1S/C38H21N3S/c1-39-27-16-17-36-33(23-27)31-11-6-7-14-35(31)41(36)29-20-26(19-28(22-29)40-2)30-12-8-13-32-34-21-25(24-9-4-3-5-10-24)15-18-37(34)42-38(30)32/h3-23H. The quantitative estimate of drug-likeness (QED) is 0.194. The van der Waals surface area contributed by atoms with E-state index in [9.17, 15) is 0 Å². The lowest BCUT2D eigenvalue weighted by Gasteiger charge is -2.12. The van der Waals surface area contributed by atoms with Gasteiger partial charge in [0, 0.05) is 31.2 Å². The van der Waals surface area contributed by atoms with Crippen LogP contribution in [0.5, 0.6) is 0 Å². The normalized spacial score (nSPS) is 11.3. The highest BCUT2D eigenvalue weighted by atomic mass is 32.1. The Labute approximate surface area is 246 Å². The van der Waals surface area contributed by atoms with Gasteiger partial charge in [0.1, 0.15) is 0 Å². The lowest BCUT2D eigenvalue weighted by molar-refractivity contribution is 1.18. The minimum atomic E-state index is 0.593. The summed E-state index contributed by atoms with van der Waals surface area (Å²) in [6, 6.07) is 44.0. The molecule has 0 aliphatic carbocycles. The molecule has 0 atom stereocenters. The van der Waals surface area contributed by atoms with Crippen LogP contribution in [0.4, 0.5) is 11.4 Å². The molecule has 2 aromatic heterocycles. The van der Waals surface area contributed by atoms with Crippen molar-refractivity contribution in [3.05, 3.63) is 150 Å². The molecule has 0 aliphatic heterocycles. The predicted octanol–water partition coefficient (Wildman–Crippen LogP) is 11.6. The Morgan fingerprint density at radius 2 is 1.29 bits per heavy atom. The fourth-order valence-corrected chi connectivity index (χ4v) is 7.31. The van der Waals surface area contributed by atoms with E-state index in [4.69, 9.17) is 13.1 Å². The third-order valence-corrected chi connectivity index (χ3v) is 9.21. The van der Waals surface area contributed by atoms with E-state index >= 15 is 0 Å². The molecule has 0 aliphatic rings. The van der Waals surface area contributed by atoms with Gasteiger partial charge in [-0.3, -0.25) is 0 Å². The monoisotopic (exact) mass is 551 g/mol. The van der Waals surface area contributed by atoms with Gasteiger partial charge in [0.25, 0.3) is 0 Å². The lowest BCUT2D eigenvalue weighted by atomic mass is 9.99. The van der Waals surface area contributed by atoms with E-state index in [0.29, 0.717) is 11.4 Å². The molecular weight excluding hydrogens is 531 g/mol. The van der Waals surface area contributed by atoms with Crippen molar-refractivity contribution in [2.75, 3.05) is 0 Å². The molecule has 0 radical (unpaired) electrons. The van der Waals surface area contributed by atoms with Crippen molar-refractivity contribution in [3.63, 3.8) is 0 Å². The Morgan fingerprint density at radius 3 is 2.14 bits per heavy atom. The number of benzene rings is 6. The summed E-state index contributed by atoms with van der Waals surface area (Å²) in [6.07, 6.45) is 0. The SMILES string of the molecule is [C-]#[N+]c1cc(-c2cccc3c2sc2ccc(-c4ccccc4)cc23)cc(-n2c3ccccc3c3cc([N+]#[C-])ccc32)c1. The first-order valence-corrected chi connectivity index (χ1v) is 14.5. The van der Waals surface area contributed by atoms with Crippen LogP contribution in [-0.2, 0) is 0 Å². The molecule has 0 saturated heterocycles. The van der Waals surface area contributed by atoms with Crippen LogP contribution in [0.25, 0.3) is 79.6 Å². The minimum Gasteiger partial charge on any atom is -0.311 e. The average molecular weight is 552 g/mol. The molecule has 8 aromatic rings. The van der Waals surface area contributed by atoms with Gasteiger partial charge in [-0.05, 0) is 76.2 Å². The minimum absolute atomic E-state index is 0.593. The van der Waals surface area contributed by atoms with E-state index in [0.717, 1.165) is 38.6 Å². The number of hydrogen-bond donors (Lipinski definition) is 0. The highest BCUT2D eigenvalue weighted by Gasteiger charge is 2.16. The van der Waals surface area contributed by atoms with Crippen molar-refractivity contribution >= 4 is 64.7 Å². The maximum atomic E-state index is 7.95. The zero-order valence-corrected chi connectivity index (χ0v) is 23.2. The summed E-state index contributed by atoms with van der Waals surface area (Å²) in [4.78, 5) is 7.55. The summed E-state index contributed by atoms with van der Waals surface area (Å²) in [6.45, 7) is 15.5. The summed E-state index contributed by atoms with van der Waals surface area (Å²) in [5.74, 6) is 0. The first-order chi connectivity index (χ1) is 20.7. The molecule has 4 heteroatoms. The van der Waals surface area contributed by atoms with Gasteiger partial charge in [0.05, 0.1) is 24.2 Å². The van der Waals surface area contributed by atoms with Crippen LogP contribution in [0.15, 0.2) is 127 Å². The molecule has 194 valence electrons. The molecule has 42 heavy (non-hydrogen) atoms. The number of rotatable bonds is 3. The van der Waals surface area contributed by atoms with Crippen molar-refractivity contribution in [3.8, 4) is 27.9 Å². The predicted molar refractivity (Wildman–Crippen MR) is 177 cm³/mol. The molecule has 0 spiro atoms. The molecular formula is C38H21N3S. The highest BCUT2D eigenvalue weighted by Crippen LogP contribution is 2.43. The van der Waals surface area contributed by atoms with E-state index < -0.39 is 0 Å². The Morgan fingerprint density at radius 1 is 0.500 bits per heavy atom. The van der Waals surface area contributed by atoms with Crippen LogP contribution >= 0.6 is 11.3 Å². The Balaban J connectivity index is 1.36. The van der Waals surface area contributed by atoms with Gasteiger partial charge in [0.15, 0.2) is 11.4 Å². The number of nitrogens with zero attached hydrogens (tertiary/aromatic N) is 3. The summed E-state index contributed by atoms with van der Waals surface area (Å²) in [5.41, 5.74) is 8.77. The van der Waals surface area contributed by atoms with Crippen LogP contribution in [0, 0.1) is 13.1 Å². The number of hydrogen-bond acceptors (Lipinski definition) is 1. The maximum absolute atomic E-state index is 7.95. The van der Waals surface area contributed by atoms with Crippen molar-refractivity contribution < 1.29 is 0 Å². The first kappa shape index (κ1) is 24.1. The van der Waals surface area contributed by atoms with Gasteiger partial charge >= 0.3 is 0 Å². The van der Waals surface area contributed by atoms with Crippen molar-refractivity contribution in [1.29, 1.82) is 0 Å². The Hall–Kier alpha value is -5.68. The van der Waals surface area contributed by atoms with Crippen LogP contribution in [-0.4, -0.2) is 4.57 Å². The smallest absolute Gasteiger partial charge is 0.189 e. The molecule has 8 rings (SSSR count). The molecule has 0 amide bonds. The van der Waals surface area contributed by atoms with Gasteiger partial charge in [-0.25, -0.2) is 9.69 Å². The van der Waals surface area contributed by atoms with E-state index in [1.54, 1.807) is 11.3 Å². The van der Waals surface area contributed by atoms with Crippen LogP contribution in [0.2, 0.25) is 0 Å². The number of fused-ring (bicyclic) bond motifs is 6. The highest BCUT2D eigenvalue weighted by molar-refractivity contribution is 7.26. The average Bonchev–Trinajstić information content (AvgIpc) is 3.60. The van der Waals surface area contributed by atoms with Gasteiger partial charge < -0.3 is 4.57 Å². The molecule has 0 N–H and O–H groups in total.